The average Bonchev–Trinajstić information content (AvgIpc) is 3.00. The van der Waals surface area contributed by atoms with Crippen molar-refractivity contribution in [2.75, 3.05) is 38.7 Å². The van der Waals surface area contributed by atoms with E-state index < -0.39 is 0 Å². The maximum Gasteiger partial charge on any atom is 0.257 e. The van der Waals surface area contributed by atoms with Crippen LogP contribution in [0.2, 0.25) is 0 Å². The molecule has 24 heavy (non-hydrogen) atoms. The Labute approximate surface area is 141 Å². The lowest BCUT2D eigenvalue weighted by molar-refractivity contribution is -0.0247. The van der Waals surface area contributed by atoms with Gasteiger partial charge in [-0.2, -0.15) is 5.10 Å². The van der Waals surface area contributed by atoms with E-state index in [1.54, 1.807) is 24.1 Å². The van der Waals surface area contributed by atoms with Crippen molar-refractivity contribution >= 4 is 11.6 Å². The van der Waals surface area contributed by atoms with Gasteiger partial charge in [-0.1, -0.05) is 0 Å². The van der Waals surface area contributed by atoms with E-state index in [0.29, 0.717) is 25.3 Å². The molecular weight excluding hydrogens is 306 g/mol. The number of carbonyl (C=O) groups excluding carboxylic acids is 1. The van der Waals surface area contributed by atoms with Crippen LogP contribution in [-0.2, 0) is 11.8 Å². The predicted octanol–water partition coefficient (Wildman–Crippen LogP) is 1.40. The molecule has 3 rings (SSSR count). The molecule has 128 valence electrons. The SMILES string of the molecule is Cc1cc(N(C)C)cc([C@@H]2CN(C(=O)c3cnn(C)c3)CCO2)n1. The van der Waals surface area contributed by atoms with Crippen LogP contribution in [-0.4, -0.2) is 59.4 Å². The summed E-state index contributed by atoms with van der Waals surface area (Å²) in [5.41, 5.74) is 3.49. The number of carbonyl (C=O) groups is 1. The van der Waals surface area contributed by atoms with Crippen molar-refractivity contribution in [1.82, 2.24) is 19.7 Å². The smallest absolute Gasteiger partial charge is 0.257 e. The molecule has 1 fully saturated rings. The van der Waals surface area contributed by atoms with Gasteiger partial charge in [0.05, 0.1) is 30.6 Å². The number of anilines is 1. The van der Waals surface area contributed by atoms with Crippen LogP contribution in [0.1, 0.15) is 27.8 Å². The molecule has 0 unspecified atom stereocenters. The largest absolute Gasteiger partial charge is 0.378 e. The van der Waals surface area contributed by atoms with E-state index >= 15 is 0 Å². The second-order valence-electron chi connectivity index (χ2n) is 6.30. The third kappa shape index (κ3) is 3.41. The molecule has 0 bridgehead atoms. The molecule has 3 heterocycles. The Morgan fingerprint density at radius 2 is 2.17 bits per heavy atom. The summed E-state index contributed by atoms with van der Waals surface area (Å²) in [4.78, 5) is 21.1. The van der Waals surface area contributed by atoms with Gasteiger partial charge in [-0.25, -0.2) is 0 Å². The lowest BCUT2D eigenvalue weighted by atomic mass is 10.1. The Bertz CT molecular complexity index is 740. The first kappa shape index (κ1) is 16.4. The predicted molar refractivity (Wildman–Crippen MR) is 91.1 cm³/mol. The monoisotopic (exact) mass is 329 g/mol. The van der Waals surface area contributed by atoms with E-state index in [-0.39, 0.29) is 12.0 Å². The van der Waals surface area contributed by atoms with Crippen LogP contribution in [0.5, 0.6) is 0 Å². The number of nitrogens with zero attached hydrogens (tertiary/aromatic N) is 5. The number of aryl methyl sites for hydroxylation is 2. The van der Waals surface area contributed by atoms with Crippen molar-refractivity contribution in [2.24, 2.45) is 7.05 Å². The Morgan fingerprint density at radius 3 is 2.83 bits per heavy atom. The van der Waals surface area contributed by atoms with E-state index in [0.717, 1.165) is 17.1 Å². The van der Waals surface area contributed by atoms with Crippen LogP contribution in [0.3, 0.4) is 0 Å². The number of hydrogen-bond donors (Lipinski definition) is 0. The first-order valence-corrected chi connectivity index (χ1v) is 7.99. The highest BCUT2D eigenvalue weighted by atomic mass is 16.5. The summed E-state index contributed by atoms with van der Waals surface area (Å²) in [5.74, 6) is -0.0168. The van der Waals surface area contributed by atoms with Crippen LogP contribution < -0.4 is 4.90 Å². The number of hydrogen-bond acceptors (Lipinski definition) is 5. The molecule has 1 aliphatic rings. The highest BCUT2D eigenvalue weighted by Crippen LogP contribution is 2.25. The van der Waals surface area contributed by atoms with Gasteiger partial charge in [0.25, 0.3) is 5.91 Å². The molecule has 1 aliphatic heterocycles. The minimum absolute atomic E-state index is 0.0168. The Morgan fingerprint density at radius 1 is 1.38 bits per heavy atom. The number of amides is 1. The van der Waals surface area contributed by atoms with Crippen LogP contribution in [0.4, 0.5) is 5.69 Å². The van der Waals surface area contributed by atoms with Crippen molar-refractivity contribution in [3.8, 4) is 0 Å². The molecule has 1 amide bonds. The van der Waals surface area contributed by atoms with Gasteiger partial charge in [0.1, 0.15) is 6.10 Å². The first-order chi connectivity index (χ1) is 11.4. The zero-order chi connectivity index (χ0) is 17.3. The molecular formula is C17H23N5O2. The lowest BCUT2D eigenvalue weighted by Gasteiger charge is -2.33. The molecule has 2 aromatic heterocycles. The average molecular weight is 329 g/mol. The molecule has 0 spiro atoms. The Hall–Kier alpha value is -2.41. The van der Waals surface area contributed by atoms with E-state index in [2.05, 4.69) is 10.1 Å². The van der Waals surface area contributed by atoms with Crippen molar-refractivity contribution in [1.29, 1.82) is 0 Å². The minimum Gasteiger partial charge on any atom is -0.378 e. The van der Waals surface area contributed by atoms with Crippen LogP contribution in [0.15, 0.2) is 24.5 Å². The second-order valence-corrected chi connectivity index (χ2v) is 6.30. The fourth-order valence-electron chi connectivity index (χ4n) is 2.83. The van der Waals surface area contributed by atoms with Gasteiger partial charge in [0, 0.05) is 45.3 Å². The molecule has 0 saturated carbocycles. The van der Waals surface area contributed by atoms with Gasteiger partial charge in [0.15, 0.2) is 0 Å². The summed E-state index contributed by atoms with van der Waals surface area (Å²) in [6, 6.07) is 4.06. The highest BCUT2D eigenvalue weighted by molar-refractivity contribution is 5.93. The number of pyridine rings is 1. The highest BCUT2D eigenvalue weighted by Gasteiger charge is 2.28. The maximum absolute atomic E-state index is 12.6. The van der Waals surface area contributed by atoms with E-state index in [1.165, 1.54) is 0 Å². The molecule has 2 aromatic rings. The van der Waals surface area contributed by atoms with Gasteiger partial charge < -0.3 is 14.5 Å². The molecule has 0 aromatic carbocycles. The summed E-state index contributed by atoms with van der Waals surface area (Å²) < 4.78 is 7.52. The summed E-state index contributed by atoms with van der Waals surface area (Å²) in [6.07, 6.45) is 3.13. The zero-order valence-corrected chi connectivity index (χ0v) is 14.6. The first-order valence-electron chi connectivity index (χ1n) is 7.99. The molecule has 0 radical (unpaired) electrons. The van der Waals surface area contributed by atoms with E-state index in [4.69, 9.17) is 4.74 Å². The van der Waals surface area contributed by atoms with Crippen molar-refractivity contribution in [3.63, 3.8) is 0 Å². The topological polar surface area (TPSA) is 63.5 Å². The maximum atomic E-state index is 12.6. The Balaban J connectivity index is 1.79. The van der Waals surface area contributed by atoms with Gasteiger partial charge in [-0.05, 0) is 19.1 Å². The normalized spacial score (nSPS) is 17.8. The van der Waals surface area contributed by atoms with Crippen molar-refractivity contribution < 1.29 is 9.53 Å². The summed E-state index contributed by atoms with van der Waals surface area (Å²) in [6.45, 7) is 3.55. The number of aromatic nitrogens is 3. The van der Waals surface area contributed by atoms with Crippen LogP contribution >= 0.6 is 0 Å². The molecule has 7 nitrogen and oxygen atoms in total. The molecule has 7 heteroatoms. The molecule has 0 aliphatic carbocycles. The number of morpholine rings is 1. The van der Waals surface area contributed by atoms with Crippen LogP contribution in [0, 0.1) is 6.92 Å². The van der Waals surface area contributed by atoms with Gasteiger partial charge in [-0.15, -0.1) is 0 Å². The standard InChI is InChI=1S/C17H23N5O2/c1-12-7-14(20(2)3)8-15(19-12)16-11-22(5-6-24-16)17(23)13-9-18-21(4)10-13/h7-10,16H,5-6,11H2,1-4H3/t16-/m0/s1. The zero-order valence-electron chi connectivity index (χ0n) is 14.6. The fraction of sp³-hybridized carbons (Fsp3) is 0.471. The quantitative estimate of drug-likeness (QED) is 0.852. The summed E-state index contributed by atoms with van der Waals surface area (Å²) >= 11 is 0. The van der Waals surface area contributed by atoms with Gasteiger partial charge in [-0.3, -0.25) is 14.5 Å². The third-order valence-electron chi connectivity index (χ3n) is 4.11. The fourth-order valence-corrected chi connectivity index (χ4v) is 2.83. The second kappa shape index (κ2) is 6.60. The number of ether oxygens (including phenoxy) is 1. The molecule has 1 atom stereocenters. The van der Waals surface area contributed by atoms with Gasteiger partial charge in [0.2, 0.25) is 0 Å². The molecule has 1 saturated heterocycles. The third-order valence-corrected chi connectivity index (χ3v) is 4.11. The summed E-state index contributed by atoms with van der Waals surface area (Å²) in [7, 11) is 5.80. The molecule has 0 N–H and O–H groups in total. The van der Waals surface area contributed by atoms with Crippen molar-refractivity contribution in [2.45, 2.75) is 13.0 Å². The van der Waals surface area contributed by atoms with E-state index in [9.17, 15) is 4.79 Å². The van der Waals surface area contributed by atoms with E-state index in [1.807, 2.05) is 43.0 Å². The number of rotatable bonds is 3. The Kier molecular flexibility index (Phi) is 4.53. The van der Waals surface area contributed by atoms with Gasteiger partial charge >= 0.3 is 0 Å². The summed E-state index contributed by atoms with van der Waals surface area (Å²) in [5, 5.41) is 4.07. The minimum atomic E-state index is -0.210. The lowest BCUT2D eigenvalue weighted by Crippen LogP contribution is -2.42. The van der Waals surface area contributed by atoms with Crippen LogP contribution in [0.25, 0.3) is 0 Å². The van der Waals surface area contributed by atoms with Crippen molar-refractivity contribution in [3.05, 3.63) is 41.5 Å².